The molecule has 3 rings (SSSR count). The van der Waals surface area contributed by atoms with Crippen molar-refractivity contribution in [2.45, 2.75) is 31.7 Å². The molecule has 0 aliphatic carbocycles. The molecule has 0 bridgehead atoms. The Hall–Kier alpha value is -4.07. The number of amides is 1. The smallest absolute Gasteiger partial charge is 0.303 e. The van der Waals surface area contributed by atoms with Crippen molar-refractivity contribution in [1.29, 1.82) is 0 Å². The van der Waals surface area contributed by atoms with Gasteiger partial charge in [-0.1, -0.05) is 42.8 Å². The Kier molecular flexibility index (Phi) is 8.67. The average molecular weight is 480 g/mol. The molecule has 1 amide bonds. The van der Waals surface area contributed by atoms with Gasteiger partial charge in [0.2, 0.25) is 0 Å². The van der Waals surface area contributed by atoms with Crippen LogP contribution in [0.1, 0.15) is 42.9 Å². The summed E-state index contributed by atoms with van der Waals surface area (Å²) < 4.78 is 10.9. The molecule has 8 nitrogen and oxygen atoms in total. The monoisotopic (exact) mass is 479 g/mol. The molecule has 0 aromatic heterocycles. The van der Waals surface area contributed by atoms with Gasteiger partial charge in [0.25, 0.3) is 5.91 Å². The molecule has 0 saturated carbocycles. The van der Waals surface area contributed by atoms with E-state index in [4.69, 9.17) is 14.6 Å². The number of hydrogen-bond donors (Lipinski definition) is 2. The van der Waals surface area contributed by atoms with Crippen LogP contribution in [0.15, 0.2) is 65.9 Å². The molecule has 1 aliphatic heterocycles. The maximum absolute atomic E-state index is 13.3. The summed E-state index contributed by atoms with van der Waals surface area (Å²) in [5.74, 6) is -1.69. The first-order chi connectivity index (χ1) is 16.9. The van der Waals surface area contributed by atoms with Gasteiger partial charge < -0.3 is 24.6 Å². The zero-order valence-electron chi connectivity index (χ0n) is 19.8. The Morgan fingerprint density at radius 1 is 1.03 bits per heavy atom. The number of ketones is 1. The molecule has 2 N–H and O–H groups in total. The van der Waals surface area contributed by atoms with Crippen LogP contribution in [0.5, 0.6) is 11.5 Å². The number of nitrogens with zero attached hydrogens (tertiary/aromatic N) is 1. The van der Waals surface area contributed by atoms with Crippen molar-refractivity contribution in [2.24, 2.45) is 0 Å². The van der Waals surface area contributed by atoms with Gasteiger partial charge in [-0.2, -0.15) is 0 Å². The highest BCUT2D eigenvalue weighted by atomic mass is 16.5. The van der Waals surface area contributed by atoms with Crippen LogP contribution >= 0.6 is 0 Å². The fourth-order valence-corrected chi connectivity index (χ4v) is 4.07. The Bertz CT molecular complexity index is 1140. The number of allylic oxidation sites excluding steroid dienone is 1. The van der Waals surface area contributed by atoms with Crippen molar-refractivity contribution in [3.8, 4) is 11.5 Å². The van der Waals surface area contributed by atoms with Crippen LogP contribution in [0.3, 0.4) is 0 Å². The van der Waals surface area contributed by atoms with Crippen molar-refractivity contribution < 1.29 is 34.1 Å². The van der Waals surface area contributed by atoms with Gasteiger partial charge in [-0.25, -0.2) is 0 Å². The zero-order valence-corrected chi connectivity index (χ0v) is 19.8. The summed E-state index contributed by atoms with van der Waals surface area (Å²) >= 11 is 0. The van der Waals surface area contributed by atoms with E-state index in [0.717, 1.165) is 5.56 Å². The molecule has 1 aliphatic rings. The maximum atomic E-state index is 13.3. The van der Waals surface area contributed by atoms with Gasteiger partial charge >= 0.3 is 5.97 Å². The predicted molar refractivity (Wildman–Crippen MR) is 130 cm³/mol. The van der Waals surface area contributed by atoms with Gasteiger partial charge in [0, 0.05) is 18.5 Å². The molecule has 1 heterocycles. The second-order valence-electron chi connectivity index (χ2n) is 8.08. The van der Waals surface area contributed by atoms with E-state index in [1.54, 1.807) is 24.3 Å². The van der Waals surface area contributed by atoms with Gasteiger partial charge in [0.05, 0.1) is 25.8 Å². The van der Waals surface area contributed by atoms with E-state index in [9.17, 15) is 19.5 Å². The highest BCUT2D eigenvalue weighted by Crippen LogP contribution is 2.43. The van der Waals surface area contributed by atoms with Crippen molar-refractivity contribution >= 4 is 23.7 Å². The van der Waals surface area contributed by atoms with Crippen LogP contribution < -0.4 is 9.47 Å². The summed E-state index contributed by atoms with van der Waals surface area (Å²) in [5.41, 5.74) is 1.27. The molecule has 0 fully saturated rings. The fraction of sp³-hybridized carbons (Fsp3) is 0.296. The molecular weight excluding hydrogens is 450 g/mol. The molecule has 0 saturated heterocycles. The first-order valence-corrected chi connectivity index (χ1v) is 11.3. The molecule has 2 aromatic rings. The van der Waals surface area contributed by atoms with Crippen molar-refractivity contribution in [1.82, 2.24) is 4.90 Å². The molecule has 1 atom stereocenters. The highest BCUT2D eigenvalue weighted by Gasteiger charge is 2.43. The number of rotatable bonds is 12. The molecule has 35 heavy (non-hydrogen) atoms. The number of unbranched alkanes of at least 4 members (excludes halogenated alkanes) is 2. The number of aliphatic hydroxyl groups excluding tert-OH is 1. The average Bonchev–Trinajstić information content (AvgIpc) is 3.12. The Balaban J connectivity index is 1.97. The third-order valence-electron chi connectivity index (χ3n) is 5.82. The second kappa shape index (κ2) is 11.9. The van der Waals surface area contributed by atoms with Gasteiger partial charge in [0.15, 0.2) is 11.5 Å². The Morgan fingerprint density at radius 2 is 1.77 bits per heavy atom. The summed E-state index contributed by atoms with van der Waals surface area (Å²) in [6.45, 7) is 0.229. The third-order valence-corrected chi connectivity index (χ3v) is 5.82. The Labute approximate surface area is 204 Å². The normalized spacial score (nSPS) is 15.7. The molecule has 0 spiro atoms. The first-order valence-electron chi connectivity index (χ1n) is 11.3. The summed E-state index contributed by atoms with van der Waals surface area (Å²) in [7, 11) is 2.99. The number of aliphatic carboxylic acids is 1. The molecular formula is C27H29NO7. The number of benzene rings is 2. The summed E-state index contributed by atoms with van der Waals surface area (Å²) in [6.07, 6.45) is 4.56. The lowest BCUT2D eigenvalue weighted by molar-refractivity contribution is -0.137. The van der Waals surface area contributed by atoms with Gasteiger partial charge in [0.1, 0.15) is 11.5 Å². The van der Waals surface area contributed by atoms with E-state index in [1.807, 2.05) is 30.3 Å². The number of carboxylic acids is 1. The van der Waals surface area contributed by atoms with Crippen molar-refractivity contribution in [3.05, 3.63) is 77.1 Å². The SMILES string of the molecule is COc1ccc(OC)c([C@@H]2C(C(=O)/C=C/c3ccccc3)=C(O)C(=O)N2CCCCCC(=O)O)c1. The lowest BCUT2D eigenvalue weighted by Crippen LogP contribution is -2.32. The number of hydrogen-bond acceptors (Lipinski definition) is 6. The number of ether oxygens (including phenoxy) is 2. The second-order valence-corrected chi connectivity index (χ2v) is 8.08. The van der Waals surface area contributed by atoms with Crippen molar-refractivity contribution in [3.63, 3.8) is 0 Å². The van der Waals surface area contributed by atoms with Crippen molar-refractivity contribution in [2.75, 3.05) is 20.8 Å². The lowest BCUT2D eigenvalue weighted by atomic mass is 9.94. The van der Waals surface area contributed by atoms with Crippen LogP contribution in [0.2, 0.25) is 0 Å². The van der Waals surface area contributed by atoms with Crippen LogP contribution in [0.4, 0.5) is 0 Å². The largest absolute Gasteiger partial charge is 0.503 e. The molecule has 0 unspecified atom stereocenters. The van der Waals surface area contributed by atoms with Crippen LogP contribution in [0, 0.1) is 0 Å². The molecule has 2 aromatic carbocycles. The number of aliphatic hydroxyl groups is 1. The highest BCUT2D eigenvalue weighted by molar-refractivity contribution is 6.14. The van der Waals surface area contributed by atoms with Crippen LogP contribution in [-0.2, 0) is 14.4 Å². The van der Waals surface area contributed by atoms with E-state index >= 15 is 0 Å². The minimum absolute atomic E-state index is 0.0403. The fourth-order valence-electron chi connectivity index (χ4n) is 4.07. The summed E-state index contributed by atoms with van der Waals surface area (Å²) in [5, 5.41) is 19.6. The Morgan fingerprint density at radius 3 is 2.43 bits per heavy atom. The molecule has 184 valence electrons. The van der Waals surface area contributed by atoms with Crippen LogP contribution in [-0.4, -0.2) is 53.5 Å². The minimum Gasteiger partial charge on any atom is -0.503 e. The van der Waals surface area contributed by atoms with E-state index in [2.05, 4.69) is 0 Å². The van der Waals surface area contributed by atoms with E-state index in [0.29, 0.717) is 36.3 Å². The lowest BCUT2D eigenvalue weighted by Gasteiger charge is -2.28. The first kappa shape index (κ1) is 25.6. The summed E-state index contributed by atoms with van der Waals surface area (Å²) in [4.78, 5) is 38.6. The van der Waals surface area contributed by atoms with Gasteiger partial charge in [-0.05, 0) is 42.7 Å². The molecule has 0 radical (unpaired) electrons. The minimum atomic E-state index is -0.889. The number of methoxy groups -OCH3 is 2. The maximum Gasteiger partial charge on any atom is 0.303 e. The van der Waals surface area contributed by atoms with Gasteiger partial charge in [-0.3, -0.25) is 14.4 Å². The van der Waals surface area contributed by atoms with E-state index in [-0.39, 0.29) is 18.5 Å². The third kappa shape index (κ3) is 6.09. The standard InChI is InChI=1S/C27H29NO7/c1-34-19-13-15-22(35-2)20(17-19)25-24(21(29)14-12-18-9-5-3-6-10-18)26(32)27(33)28(25)16-8-4-7-11-23(30)31/h3,5-6,9-10,12-15,17,25,32H,4,7-8,11,16H2,1-2H3,(H,30,31)/b14-12+/t25-/m1/s1. The van der Waals surface area contributed by atoms with Gasteiger partial charge in [-0.15, -0.1) is 0 Å². The predicted octanol–water partition coefficient (Wildman–Crippen LogP) is 4.33. The van der Waals surface area contributed by atoms with E-state index in [1.165, 1.54) is 25.2 Å². The number of carbonyl (C=O) groups is 3. The number of carbonyl (C=O) groups excluding carboxylic acids is 2. The number of carboxylic acid groups (broad SMARTS) is 1. The topological polar surface area (TPSA) is 113 Å². The van der Waals surface area contributed by atoms with Crippen LogP contribution in [0.25, 0.3) is 6.08 Å². The quantitative estimate of drug-likeness (QED) is 0.344. The zero-order chi connectivity index (χ0) is 25.4. The molecule has 8 heteroatoms. The van der Waals surface area contributed by atoms with E-state index < -0.39 is 29.5 Å². The summed E-state index contributed by atoms with van der Waals surface area (Å²) in [6, 6.07) is 13.4.